The van der Waals surface area contributed by atoms with Gasteiger partial charge in [0.1, 0.15) is 28.8 Å². The highest BCUT2D eigenvalue weighted by molar-refractivity contribution is 5.61. The van der Waals surface area contributed by atoms with E-state index in [1.807, 2.05) is 6.07 Å². The molecule has 0 unspecified atom stereocenters. The summed E-state index contributed by atoms with van der Waals surface area (Å²) < 4.78 is 116. The lowest BCUT2D eigenvalue weighted by Crippen LogP contribution is -2.25. The van der Waals surface area contributed by atoms with Gasteiger partial charge >= 0.3 is 6.11 Å². The first-order valence-electron chi connectivity index (χ1n) is 12.0. The van der Waals surface area contributed by atoms with Gasteiger partial charge in [0, 0.05) is 29.5 Å². The summed E-state index contributed by atoms with van der Waals surface area (Å²) in [5.74, 6) is -6.43. The number of unbranched alkanes of at least 4 members (excludes halogenated alkanes) is 1. The summed E-state index contributed by atoms with van der Waals surface area (Å²) in [7, 11) is 0. The van der Waals surface area contributed by atoms with E-state index in [9.17, 15) is 35.1 Å². The Labute approximate surface area is 224 Å². The average molecular weight is 561 g/mol. The number of ether oxygens (including phenoxy) is 1. The molecule has 1 aromatic heterocycles. The number of hydrogen-bond donors (Lipinski definition) is 0. The minimum absolute atomic E-state index is 0.0977. The lowest BCUT2D eigenvalue weighted by molar-refractivity contribution is -0.189. The van der Waals surface area contributed by atoms with Gasteiger partial charge in [-0.15, -0.1) is 0 Å². The van der Waals surface area contributed by atoms with Gasteiger partial charge in [-0.2, -0.15) is 8.78 Å². The highest BCUT2D eigenvalue weighted by Gasteiger charge is 2.41. The fourth-order valence-electron chi connectivity index (χ4n) is 3.75. The van der Waals surface area contributed by atoms with Gasteiger partial charge in [0.25, 0.3) is 0 Å². The third kappa shape index (κ3) is 6.42. The quantitative estimate of drug-likeness (QED) is 0.128. The second kappa shape index (κ2) is 11.8. The summed E-state index contributed by atoms with van der Waals surface area (Å²) in [5.41, 5.74) is -0.320. The summed E-state index contributed by atoms with van der Waals surface area (Å²) in [4.78, 5) is 4.34. The van der Waals surface area contributed by atoms with Gasteiger partial charge in [0.15, 0.2) is 17.5 Å². The fraction of sp³-hybridized carbons (Fsp3) is 0.167. The number of benzene rings is 3. The molecule has 2 nitrogen and oxygen atoms in total. The Balaban J connectivity index is 1.54. The third-order valence-electron chi connectivity index (χ3n) is 5.79. The molecule has 0 N–H and O–H groups in total. The standard InChI is InChI=1S/C30H19F8NO/c1-2-3-4-17-6-10-27(39-16-17)20-9-8-19(22(31)13-20)7-5-18-11-23(32)28(24(33)12-18)30(37,38)40-21-14-25(34)29(36)26(35)15-21/h6,8-16H,2-4H2,1H3. The molecule has 3 aromatic carbocycles. The van der Waals surface area contributed by atoms with Crippen molar-refractivity contribution in [3.63, 3.8) is 0 Å². The first-order valence-corrected chi connectivity index (χ1v) is 12.0. The molecular formula is C30H19F8NO. The Kier molecular flexibility index (Phi) is 8.43. The molecule has 0 aliphatic carbocycles. The zero-order valence-electron chi connectivity index (χ0n) is 20.8. The van der Waals surface area contributed by atoms with Crippen molar-refractivity contribution in [2.75, 3.05) is 0 Å². The van der Waals surface area contributed by atoms with Crippen molar-refractivity contribution in [1.82, 2.24) is 4.98 Å². The van der Waals surface area contributed by atoms with Gasteiger partial charge in [-0.1, -0.05) is 37.3 Å². The van der Waals surface area contributed by atoms with E-state index in [0.29, 0.717) is 23.4 Å². The summed E-state index contributed by atoms with van der Waals surface area (Å²) >= 11 is 0. The normalized spacial score (nSPS) is 11.2. The molecule has 4 aromatic rings. The summed E-state index contributed by atoms with van der Waals surface area (Å²) in [6.45, 7) is 2.08. The number of alkyl halides is 2. The zero-order chi connectivity index (χ0) is 29.0. The number of halogens is 8. The minimum atomic E-state index is -4.74. The van der Waals surface area contributed by atoms with Crippen LogP contribution in [-0.2, 0) is 12.5 Å². The molecule has 0 amide bonds. The molecule has 0 aliphatic heterocycles. The highest BCUT2D eigenvalue weighted by atomic mass is 19.3. The van der Waals surface area contributed by atoms with Crippen LogP contribution in [-0.4, -0.2) is 4.98 Å². The maximum Gasteiger partial charge on any atom is 0.432 e. The molecule has 0 saturated carbocycles. The first-order chi connectivity index (χ1) is 19.0. The van der Waals surface area contributed by atoms with Crippen LogP contribution in [0.3, 0.4) is 0 Å². The fourth-order valence-corrected chi connectivity index (χ4v) is 3.75. The Morgan fingerprint density at radius 2 is 1.45 bits per heavy atom. The lowest BCUT2D eigenvalue weighted by atomic mass is 10.1. The second-order valence-electron chi connectivity index (χ2n) is 8.73. The lowest BCUT2D eigenvalue weighted by Gasteiger charge is -2.19. The number of aromatic nitrogens is 1. The molecule has 10 heteroatoms. The first kappa shape index (κ1) is 28.6. The largest absolute Gasteiger partial charge is 0.432 e. The van der Waals surface area contributed by atoms with Gasteiger partial charge in [0.05, 0.1) is 11.3 Å². The molecule has 206 valence electrons. The van der Waals surface area contributed by atoms with Gasteiger partial charge in [-0.3, -0.25) is 4.98 Å². The SMILES string of the molecule is CCCCc1ccc(-c2ccc(C#Cc3cc(F)c(C(F)(F)Oc4cc(F)c(F)c(F)c4)c(F)c3)c(F)c2)nc1. The Morgan fingerprint density at radius 3 is 2.02 bits per heavy atom. The molecular weight excluding hydrogens is 542 g/mol. The predicted molar refractivity (Wildman–Crippen MR) is 131 cm³/mol. The minimum Gasteiger partial charge on any atom is -0.429 e. The molecule has 0 bridgehead atoms. The zero-order valence-corrected chi connectivity index (χ0v) is 20.8. The van der Waals surface area contributed by atoms with Crippen molar-refractivity contribution in [3.8, 4) is 28.8 Å². The molecule has 0 atom stereocenters. The van der Waals surface area contributed by atoms with E-state index in [4.69, 9.17) is 0 Å². The number of aryl methyl sites for hydroxylation is 1. The van der Waals surface area contributed by atoms with Crippen molar-refractivity contribution in [3.05, 3.63) is 118 Å². The van der Waals surface area contributed by atoms with Gasteiger partial charge in [0.2, 0.25) is 0 Å². The van der Waals surface area contributed by atoms with Crippen LogP contribution in [0.2, 0.25) is 0 Å². The summed E-state index contributed by atoms with van der Waals surface area (Å²) in [6, 6.07) is 8.89. The monoisotopic (exact) mass is 561 g/mol. The van der Waals surface area contributed by atoms with Crippen molar-refractivity contribution in [1.29, 1.82) is 0 Å². The topological polar surface area (TPSA) is 22.1 Å². The van der Waals surface area contributed by atoms with Crippen LogP contribution < -0.4 is 4.74 Å². The summed E-state index contributed by atoms with van der Waals surface area (Å²) in [6.07, 6.45) is -0.0704. The molecule has 0 saturated heterocycles. The van der Waals surface area contributed by atoms with Crippen LogP contribution in [0.15, 0.2) is 60.8 Å². The third-order valence-corrected chi connectivity index (χ3v) is 5.79. The number of nitrogens with zero attached hydrogens (tertiary/aromatic N) is 1. The Morgan fingerprint density at radius 1 is 0.775 bits per heavy atom. The van der Waals surface area contributed by atoms with Crippen molar-refractivity contribution in [2.45, 2.75) is 32.3 Å². The van der Waals surface area contributed by atoms with Crippen molar-refractivity contribution < 1.29 is 39.9 Å². The number of hydrogen-bond acceptors (Lipinski definition) is 2. The van der Waals surface area contributed by atoms with Crippen LogP contribution in [0.25, 0.3) is 11.3 Å². The smallest absolute Gasteiger partial charge is 0.429 e. The van der Waals surface area contributed by atoms with Crippen LogP contribution in [0.5, 0.6) is 5.75 Å². The maximum atomic E-state index is 14.7. The predicted octanol–water partition coefficient (Wildman–Crippen LogP) is 8.45. The van der Waals surface area contributed by atoms with E-state index < -0.39 is 57.9 Å². The van der Waals surface area contributed by atoms with E-state index >= 15 is 0 Å². The molecule has 0 radical (unpaired) electrons. The number of pyridine rings is 1. The van der Waals surface area contributed by atoms with Crippen LogP contribution in [0.4, 0.5) is 35.1 Å². The van der Waals surface area contributed by atoms with Crippen LogP contribution in [0.1, 0.15) is 42.0 Å². The van der Waals surface area contributed by atoms with Crippen LogP contribution in [0, 0.1) is 46.7 Å². The molecule has 0 aliphatic rings. The van der Waals surface area contributed by atoms with E-state index in [1.54, 1.807) is 18.3 Å². The van der Waals surface area contributed by atoms with E-state index in [-0.39, 0.29) is 17.7 Å². The Hall–Kier alpha value is -4.39. The van der Waals surface area contributed by atoms with Gasteiger partial charge < -0.3 is 4.74 Å². The molecule has 0 spiro atoms. The average Bonchev–Trinajstić information content (AvgIpc) is 2.89. The van der Waals surface area contributed by atoms with Crippen LogP contribution >= 0.6 is 0 Å². The maximum absolute atomic E-state index is 14.7. The highest BCUT2D eigenvalue weighted by Crippen LogP contribution is 2.36. The molecule has 40 heavy (non-hydrogen) atoms. The molecule has 4 rings (SSSR count). The van der Waals surface area contributed by atoms with E-state index in [0.717, 1.165) is 24.8 Å². The van der Waals surface area contributed by atoms with Gasteiger partial charge in [-0.05, 0) is 48.7 Å². The second-order valence-corrected chi connectivity index (χ2v) is 8.73. The number of rotatable bonds is 7. The summed E-state index contributed by atoms with van der Waals surface area (Å²) in [5, 5.41) is 0. The Bertz CT molecular complexity index is 1560. The van der Waals surface area contributed by atoms with E-state index in [2.05, 4.69) is 28.5 Å². The molecule has 1 heterocycles. The van der Waals surface area contributed by atoms with E-state index in [1.165, 1.54) is 12.1 Å². The van der Waals surface area contributed by atoms with Crippen molar-refractivity contribution in [2.24, 2.45) is 0 Å². The van der Waals surface area contributed by atoms with Gasteiger partial charge in [-0.25, -0.2) is 26.3 Å². The van der Waals surface area contributed by atoms with Crippen molar-refractivity contribution >= 4 is 0 Å². The molecule has 0 fully saturated rings.